The summed E-state index contributed by atoms with van der Waals surface area (Å²) >= 11 is 5.55. The van der Waals surface area contributed by atoms with E-state index in [9.17, 15) is 9.59 Å². The Labute approximate surface area is 185 Å². The SMILES string of the molecule is COC(=O)CN1C(=S)N(c2ccc(OC)cc2)C(=O)/C1=C/c1cc(OC)ccc1OC. The Hall–Kier alpha value is -3.59. The number of anilines is 1. The molecule has 3 rings (SSSR count). The van der Waals surface area contributed by atoms with E-state index >= 15 is 0 Å². The van der Waals surface area contributed by atoms with Crippen LogP contribution in [0.15, 0.2) is 48.2 Å². The van der Waals surface area contributed by atoms with Gasteiger partial charge >= 0.3 is 5.97 Å². The number of carbonyl (C=O) groups excluding carboxylic acids is 2. The Bertz CT molecular complexity index is 1030. The first-order valence-electron chi connectivity index (χ1n) is 9.24. The average Bonchev–Trinajstić information content (AvgIpc) is 3.02. The van der Waals surface area contributed by atoms with Crippen LogP contribution in [0, 0.1) is 0 Å². The third-order valence-corrected chi connectivity index (χ3v) is 5.11. The first-order chi connectivity index (χ1) is 14.9. The van der Waals surface area contributed by atoms with Crippen LogP contribution < -0.4 is 19.1 Å². The third-order valence-electron chi connectivity index (χ3n) is 4.71. The Morgan fingerprint density at radius 3 is 2.19 bits per heavy atom. The number of hydrogen-bond donors (Lipinski definition) is 0. The van der Waals surface area contributed by atoms with Crippen molar-refractivity contribution in [3.05, 3.63) is 53.7 Å². The highest BCUT2D eigenvalue weighted by molar-refractivity contribution is 7.80. The van der Waals surface area contributed by atoms with Crippen molar-refractivity contribution in [3.63, 3.8) is 0 Å². The molecular formula is C22H22N2O6S. The number of benzene rings is 2. The van der Waals surface area contributed by atoms with E-state index in [1.165, 1.54) is 24.0 Å². The molecule has 8 nitrogen and oxygen atoms in total. The molecule has 0 N–H and O–H groups in total. The van der Waals surface area contributed by atoms with E-state index in [1.54, 1.807) is 62.8 Å². The van der Waals surface area contributed by atoms with Gasteiger partial charge in [-0.1, -0.05) is 0 Å². The minimum Gasteiger partial charge on any atom is -0.497 e. The smallest absolute Gasteiger partial charge is 0.325 e. The van der Waals surface area contributed by atoms with Crippen molar-refractivity contribution in [2.45, 2.75) is 0 Å². The molecule has 0 aliphatic carbocycles. The summed E-state index contributed by atoms with van der Waals surface area (Å²) in [5.74, 6) is 0.851. The number of rotatable bonds is 7. The highest BCUT2D eigenvalue weighted by Crippen LogP contribution is 2.33. The molecule has 0 spiro atoms. The van der Waals surface area contributed by atoms with Gasteiger partial charge in [0.25, 0.3) is 5.91 Å². The normalized spacial score (nSPS) is 14.8. The summed E-state index contributed by atoms with van der Waals surface area (Å²) in [4.78, 5) is 28.2. The summed E-state index contributed by atoms with van der Waals surface area (Å²) in [6.45, 7) is -0.216. The van der Waals surface area contributed by atoms with E-state index < -0.39 is 5.97 Å². The van der Waals surface area contributed by atoms with Crippen molar-refractivity contribution in [1.29, 1.82) is 0 Å². The predicted molar refractivity (Wildman–Crippen MR) is 119 cm³/mol. The molecule has 0 atom stereocenters. The van der Waals surface area contributed by atoms with E-state index in [-0.39, 0.29) is 23.3 Å². The van der Waals surface area contributed by atoms with Crippen molar-refractivity contribution in [3.8, 4) is 17.2 Å². The predicted octanol–water partition coefficient (Wildman–Crippen LogP) is 2.86. The molecule has 31 heavy (non-hydrogen) atoms. The van der Waals surface area contributed by atoms with Crippen LogP contribution in [0.3, 0.4) is 0 Å². The summed E-state index contributed by atoms with van der Waals surface area (Å²) in [6.07, 6.45) is 1.61. The highest BCUT2D eigenvalue weighted by atomic mass is 32.1. The van der Waals surface area contributed by atoms with Crippen LogP contribution in [0.2, 0.25) is 0 Å². The lowest BCUT2D eigenvalue weighted by molar-refractivity contribution is -0.140. The van der Waals surface area contributed by atoms with Crippen molar-refractivity contribution < 1.29 is 28.5 Å². The van der Waals surface area contributed by atoms with Gasteiger partial charge in [-0.3, -0.25) is 14.5 Å². The summed E-state index contributed by atoms with van der Waals surface area (Å²) in [5, 5.41) is 0.161. The quantitative estimate of drug-likeness (QED) is 0.368. The molecule has 0 radical (unpaired) electrons. The number of thiocarbonyl (C=S) groups is 1. The van der Waals surface area contributed by atoms with Gasteiger partial charge < -0.3 is 23.8 Å². The molecular weight excluding hydrogens is 420 g/mol. The molecule has 1 aliphatic heterocycles. The summed E-state index contributed by atoms with van der Waals surface area (Å²) in [6, 6.07) is 12.1. The standard InChI is InChI=1S/C22H22N2O6S/c1-27-16-7-5-15(6-8-16)24-21(26)18(23(22(24)31)13-20(25)30-4)12-14-11-17(28-2)9-10-19(14)29-3/h5-12H,13H2,1-4H3/b18-12-. The van der Waals surface area contributed by atoms with Crippen LogP contribution in [0.25, 0.3) is 6.08 Å². The molecule has 1 heterocycles. The zero-order chi connectivity index (χ0) is 22.5. The largest absolute Gasteiger partial charge is 0.497 e. The zero-order valence-electron chi connectivity index (χ0n) is 17.6. The fourth-order valence-electron chi connectivity index (χ4n) is 3.09. The van der Waals surface area contributed by atoms with Gasteiger partial charge in [-0.05, 0) is 60.8 Å². The zero-order valence-corrected chi connectivity index (χ0v) is 18.4. The van der Waals surface area contributed by atoms with Gasteiger partial charge in [-0.25, -0.2) is 0 Å². The minimum absolute atomic E-state index is 0.161. The van der Waals surface area contributed by atoms with Crippen molar-refractivity contribution in [1.82, 2.24) is 4.90 Å². The fourth-order valence-corrected chi connectivity index (χ4v) is 3.44. The van der Waals surface area contributed by atoms with Crippen LogP contribution in [-0.4, -0.2) is 56.9 Å². The van der Waals surface area contributed by atoms with Gasteiger partial charge in [0.05, 0.1) is 34.1 Å². The molecule has 1 aliphatic rings. The second-order valence-corrected chi connectivity index (χ2v) is 6.79. The fraction of sp³-hybridized carbons (Fsp3) is 0.227. The third kappa shape index (κ3) is 4.46. The molecule has 162 valence electrons. The van der Waals surface area contributed by atoms with E-state index in [1.807, 2.05) is 0 Å². The molecule has 2 aromatic carbocycles. The Balaban J connectivity index is 2.09. The topological polar surface area (TPSA) is 77.5 Å². The molecule has 0 bridgehead atoms. The monoisotopic (exact) mass is 442 g/mol. The van der Waals surface area contributed by atoms with Gasteiger partial charge in [0, 0.05) is 5.56 Å². The Kier molecular flexibility index (Phi) is 6.76. The number of nitrogens with zero attached hydrogens (tertiary/aromatic N) is 2. The summed E-state index contributed by atoms with van der Waals surface area (Å²) in [5.41, 5.74) is 1.35. The molecule has 1 fully saturated rings. The van der Waals surface area contributed by atoms with Crippen molar-refractivity contribution in [2.75, 3.05) is 39.9 Å². The van der Waals surface area contributed by atoms with Crippen LogP contribution in [0.5, 0.6) is 17.2 Å². The Morgan fingerprint density at radius 1 is 0.968 bits per heavy atom. The number of amides is 1. The molecule has 2 aromatic rings. The second-order valence-electron chi connectivity index (χ2n) is 6.42. The molecule has 0 aromatic heterocycles. The van der Waals surface area contributed by atoms with E-state index in [0.717, 1.165) is 0 Å². The first kappa shape index (κ1) is 22.1. The Morgan fingerprint density at radius 2 is 1.61 bits per heavy atom. The molecule has 1 amide bonds. The molecule has 9 heteroatoms. The lowest BCUT2D eigenvalue weighted by atomic mass is 10.1. The summed E-state index contributed by atoms with van der Waals surface area (Å²) < 4.78 is 20.7. The van der Waals surface area contributed by atoms with Crippen LogP contribution >= 0.6 is 12.2 Å². The first-order valence-corrected chi connectivity index (χ1v) is 9.64. The number of ether oxygens (including phenoxy) is 4. The lowest BCUT2D eigenvalue weighted by Crippen LogP contribution is -2.35. The van der Waals surface area contributed by atoms with Crippen LogP contribution in [0.1, 0.15) is 5.56 Å². The van der Waals surface area contributed by atoms with Gasteiger partial charge in [0.2, 0.25) is 0 Å². The second kappa shape index (κ2) is 9.48. The number of esters is 1. The van der Waals surface area contributed by atoms with E-state index in [4.69, 9.17) is 31.2 Å². The van der Waals surface area contributed by atoms with Gasteiger partial charge in [0.1, 0.15) is 29.5 Å². The maximum absolute atomic E-state index is 13.4. The highest BCUT2D eigenvalue weighted by Gasteiger charge is 2.40. The summed E-state index contributed by atoms with van der Waals surface area (Å²) in [7, 11) is 5.91. The molecule has 0 saturated carbocycles. The number of carbonyl (C=O) groups is 2. The maximum atomic E-state index is 13.4. The van der Waals surface area contributed by atoms with Crippen molar-refractivity contribution in [2.24, 2.45) is 0 Å². The number of hydrogen-bond acceptors (Lipinski definition) is 7. The van der Waals surface area contributed by atoms with Gasteiger partial charge in [-0.2, -0.15) is 0 Å². The number of methoxy groups -OCH3 is 4. The van der Waals surface area contributed by atoms with Crippen LogP contribution in [-0.2, 0) is 14.3 Å². The molecule has 1 saturated heterocycles. The van der Waals surface area contributed by atoms with E-state index in [2.05, 4.69) is 0 Å². The average molecular weight is 442 g/mol. The van der Waals surface area contributed by atoms with E-state index in [0.29, 0.717) is 28.5 Å². The minimum atomic E-state index is -0.532. The van der Waals surface area contributed by atoms with Gasteiger partial charge in [-0.15, -0.1) is 0 Å². The maximum Gasteiger partial charge on any atom is 0.325 e. The molecule has 0 unspecified atom stereocenters. The van der Waals surface area contributed by atoms with Crippen LogP contribution in [0.4, 0.5) is 5.69 Å². The van der Waals surface area contributed by atoms with Gasteiger partial charge in [0.15, 0.2) is 5.11 Å². The van der Waals surface area contributed by atoms with Crippen molar-refractivity contribution >= 4 is 41.0 Å². The lowest BCUT2D eigenvalue weighted by Gasteiger charge is -2.19.